The van der Waals surface area contributed by atoms with Gasteiger partial charge in [-0.3, -0.25) is 9.20 Å². The Hall–Kier alpha value is -1.56. The summed E-state index contributed by atoms with van der Waals surface area (Å²) < 4.78 is 1.72. The van der Waals surface area contributed by atoms with Gasteiger partial charge in [-0.05, 0) is 48.9 Å². The normalized spacial score (nSPS) is 13.8. The molecule has 1 aliphatic carbocycles. The van der Waals surface area contributed by atoms with Crippen molar-refractivity contribution in [3.8, 4) is 0 Å². The molecule has 1 aliphatic rings. The molecule has 3 aromatic rings. The second-order valence-electron chi connectivity index (χ2n) is 6.08. The van der Waals surface area contributed by atoms with Crippen molar-refractivity contribution in [1.82, 2.24) is 14.6 Å². The fourth-order valence-corrected chi connectivity index (χ4v) is 4.43. The second-order valence-corrected chi connectivity index (χ2v) is 7.87. The molecule has 2 heterocycles. The Labute approximate surface area is 159 Å². The maximum atomic E-state index is 12.6. The first-order valence-corrected chi connectivity index (χ1v) is 9.83. The summed E-state index contributed by atoms with van der Waals surface area (Å²) in [7, 11) is 0. The highest BCUT2D eigenvalue weighted by molar-refractivity contribution is 7.99. The number of hydrogen-bond acceptors (Lipinski definition) is 4. The van der Waals surface area contributed by atoms with Crippen LogP contribution >= 0.6 is 35.0 Å². The summed E-state index contributed by atoms with van der Waals surface area (Å²) in [5, 5.41) is 9.71. The van der Waals surface area contributed by atoms with Gasteiger partial charge < -0.3 is 0 Å². The smallest absolute Gasteiger partial charge is 0.196 e. The average Bonchev–Trinajstić information content (AvgIpc) is 3.02. The van der Waals surface area contributed by atoms with Crippen molar-refractivity contribution < 1.29 is 4.79 Å². The zero-order valence-corrected chi connectivity index (χ0v) is 15.7. The first kappa shape index (κ1) is 16.9. The Morgan fingerprint density at radius 3 is 2.76 bits per heavy atom. The number of nitrogens with zero attached hydrogens (tertiary/aromatic N) is 3. The summed E-state index contributed by atoms with van der Waals surface area (Å²) in [6, 6.07) is 7.70. The summed E-state index contributed by atoms with van der Waals surface area (Å²) in [5.74, 6) is 0.382. The van der Waals surface area contributed by atoms with Crippen molar-refractivity contribution in [2.45, 2.75) is 30.8 Å². The van der Waals surface area contributed by atoms with Crippen LogP contribution in [0.3, 0.4) is 0 Å². The number of thioether (sulfide) groups is 1. The largest absolute Gasteiger partial charge is 0.293 e. The number of aromatic nitrogens is 3. The van der Waals surface area contributed by atoms with E-state index in [1.165, 1.54) is 35.7 Å². The van der Waals surface area contributed by atoms with Crippen LogP contribution < -0.4 is 0 Å². The number of aryl methyl sites for hydroxylation is 2. The van der Waals surface area contributed by atoms with Crippen molar-refractivity contribution in [1.29, 1.82) is 0 Å². The van der Waals surface area contributed by atoms with Crippen LogP contribution in [0.4, 0.5) is 0 Å². The lowest BCUT2D eigenvalue weighted by atomic mass is 9.90. The van der Waals surface area contributed by atoms with E-state index in [9.17, 15) is 4.79 Å². The molecule has 7 heteroatoms. The van der Waals surface area contributed by atoms with E-state index < -0.39 is 0 Å². The summed E-state index contributed by atoms with van der Waals surface area (Å²) >= 11 is 13.5. The van der Waals surface area contributed by atoms with Gasteiger partial charge in [0.25, 0.3) is 0 Å². The predicted octanol–water partition coefficient (Wildman–Crippen LogP) is 4.89. The third-order valence-corrected chi connectivity index (χ3v) is 5.83. The number of Topliss-reactive ketones (excluding diaryl/α,β-unsaturated/α-hetero) is 1. The number of rotatable bonds is 4. The number of benzene rings is 1. The Kier molecular flexibility index (Phi) is 4.71. The van der Waals surface area contributed by atoms with E-state index in [4.69, 9.17) is 23.2 Å². The molecule has 128 valence electrons. The standard InChI is InChI=1S/C18H15Cl2N3OS/c19-14-8-15(20)17-21-22-18(23(17)9-14)25-10-16(24)13-6-5-11-3-1-2-4-12(11)7-13/h5-9H,1-4,10H2. The van der Waals surface area contributed by atoms with Crippen LogP contribution in [0.2, 0.25) is 10.0 Å². The molecular formula is C18H15Cl2N3OS. The van der Waals surface area contributed by atoms with Crippen LogP contribution in [-0.4, -0.2) is 26.1 Å². The van der Waals surface area contributed by atoms with Gasteiger partial charge in [0.05, 0.1) is 15.8 Å². The Morgan fingerprint density at radius 1 is 1.12 bits per heavy atom. The molecule has 0 unspecified atom stereocenters. The molecule has 0 bridgehead atoms. The zero-order chi connectivity index (χ0) is 17.4. The van der Waals surface area contributed by atoms with E-state index in [1.807, 2.05) is 12.1 Å². The molecule has 0 atom stereocenters. The van der Waals surface area contributed by atoms with Gasteiger partial charge in [0, 0.05) is 11.8 Å². The Morgan fingerprint density at radius 2 is 1.92 bits per heavy atom. The molecule has 4 rings (SSSR count). The average molecular weight is 392 g/mol. The quantitative estimate of drug-likeness (QED) is 0.469. The molecule has 1 aromatic carbocycles. The van der Waals surface area contributed by atoms with E-state index in [1.54, 1.807) is 16.7 Å². The summed E-state index contributed by atoms with van der Waals surface area (Å²) in [6.07, 6.45) is 6.32. The predicted molar refractivity (Wildman–Crippen MR) is 101 cm³/mol. The summed E-state index contributed by atoms with van der Waals surface area (Å²) in [6.45, 7) is 0. The number of halogens is 2. The number of pyridine rings is 1. The Bertz CT molecular complexity index is 970. The summed E-state index contributed by atoms with van der Waals surface area (Å²) in [4.78, 5) is 12.6. The molecule has 0 saturated heterocycles. The lowest BCUT2D eigenvalue weighted by Gasteiger charge is -2.16. The lowest BCUT2D eigenvalue weighted by Crippen LogP contribution is -2.08. The fourth-order valence-electron chi connectivity index (χ4n) is 3.12. The van der Waals surface area contributed by atoms with E-state index in [2.05, 4.69) is 16.3 Å². The van der Waals surface area contributed by atoms with Crippen molar-refractivity contribution in [3.05, 3.63) is 57.2 Å². The highest BCUT2D eigenvalue weighted by Crippen LogP contribution is 2.27. The van der Waals surface area contributed by atoms with Gasteiger partial charge >= 0.3 is 0 Å². The maximum absolute atomic E-state index is 12.6. The first-order chi connectivity index (χ1) is 12.1. The van der Waals surface area contributed by atoms with Crippen molar-refractivity contribution >= 4 is 46.4 Å². The van der Waals surface area contributed by atoms with E-state index in [0.29, 0.717) is 26.6 Å². The molecule has 0 N–H and O–H groups in total. The van der Waals surface area contributed by atoms with Gasteiger partial charge in [-0.2, -0.15) is 0 Å². The number of carbonyl (C=O) groups is 1. The first-order valence-electron chi connectivity index (χ1n) is 8.09. The minimum atomic E-state index is 0.0863. The van der Waals surface area contributed by atoms with Crippen LogP contribution in [0.15, 0.2) is 35.6 Å². The van der Waals surface area contributed by atoms with E-state index >= 15 is 0 Å². The zero-order valence-electron chi connectivity index (χ0n) is 13.3. The topological polar surface area (TPSA) is 47.3 Å². The molecule has 0 saturated carbocycles. The van der Waals surface area contributed by atoms with Crippen molar-refractivity contribution in [2.24, 2.45) is 0 Å². The second kappa shape index (κ2) is 6.98. The Balaban J connectivity index is 1.52. The minimum Gasteiger partial charge on any atom is -0.293 e. The third kappa shape index (κ3) is 3.41. The highest BCUT2D eigenvalue weighted by Gasteiger charge is 2.15. The van der Waals surface area contributed by atoms with Crippen molar-refractivity contribution in [3.63, 3.8) is 0 Å². The van der Waals surface area contributed by atoms with Gasteiger partial charge in [0.15, 0.2) is 16.6 Å². The summed E-state index contributed by atoms with van der Waals surface area (Å²) in [5.41, 5.74) is 3.99. The molecule has 4 nitrogen and oxygen atoms in total. The number of hydrogen-bond donors (Lipinski definition) is 0. The number of fused-ring (bicyclic) bond motifs is 2. The number of carbonyl (C=O) groups excluding carboxylic acids is 1. The van der Waals surface area contributed by atoms with Crippen molar-refractivity contribution in [2.75, 3.05) is 5.75 Å². The van der Waals surface area contributed by atoms with Crippen LogP contribution in [0.1, 0.15) is 34.3 Å². The van der Waals surface area contributed by atoms with Crippen LogP contribution in [-0.2, 0) is 12.8 Å². The number of ketones is 1. The fraction of sp³-hybridized carbons (Fsp3) is 0.278. The van der Waals surface area contributed by atoms with E-state index in [-0.39, 0.29) is 5.78 Å². The molecule has 25 heavy (non-hydrogen) atoms. The SMILES string of the molecule is O=C(CSc1nnc2c(Cl)cc(Cl)cn12)c1ccc2c(c1)CCCC2. The third-order valence-electron chi connectivity index (χ3n) is 4.40. The molecule has 0 amide bonds. The van der Waals surface area contributed by atoms with Crippen LogP contribution in [0.25, 0.3) is 5.65 Å². The molecular weight excluding hydrogens is 377 g/mol. The molecule has 2 aromatic heterocycles. The van der Waals surface area contributed by atoms with Gasteiger partial charge in [-0.1, -0.05) is 47.1 Å². The molecule has 0 spiro atoms. The van der Waals surface area contributed by atoms with Gasteiger partial charge in [-0.15, -0.1) is 10.2 Å². The molecule has 0 radical (unpaired) electrons. The lowest BCUT2D eigenvalue weighted by molar-refractivity contribution is 0.102. The van der Waals surface area contributed by atoms with E-state index in [0.717, 1.165) is 18.4 Å². The van der Waals surface area contributed by atoms with Crippen LogP contribution in [0, 0.1) is 0 Å². The molecule has 0 aliphatic heterocycles. The highest BCUT2D eigenvalue weighted by atomic mass is 35.5. The van der Waals surface area contributed by atoms with Crippen LogP contribution in [0.5, 0.6) is 0 Å². The maximum Gasteiger partial charge on any atom is 0.196 e. The molecule has 0 fully saturated rings. The minimum absolute atomic E-state index is 0.0863. The van der Waals surface area contributed by atoms with Gasteiger partial charge in [0.1, 0.15) is 0 Å². The van der Waals surface area contributed by atoms with Gasteiger partial charge in [-0.25, -0.2) is 0 Å². The monoisotopic (exact) mass is 391 g/mol. The van der Waals surface area contributed by atoms with Gasteiger partial charge in [0.2, 0.25) is 0 Å².